The van der Waals surface area contributed by atoms with Gasteiger partial charge in [0.25, 0.3) is 0 Å². The number of para-hydroxylation sites is 4. The van der Waals surface area contributed by atoms with Crippen LogP contribution in [0.1, 0.15) is 0 Å². The van der Waals surface area contributed by atoms with Gasteiger partial charge in [-0.25, -0.2) is 0 Å². The first-order valence-electron chi connectivity index (χ1n) is 5.89. The van der Waals surface area contributed by atoms with E-state index in [4.69, 9.17) is 9.47 Å². The number of anilines is 1. The van der Waals surface area contributed by atoms with Crippen LogP contribution in [0.3, 0.4) is 0 Å². The van der Waals surface area contributed by atoms with E-state index in [1.807, 2.05) is 0 Å². The quantitative estimate of drug-likeness (QED) is 0.619. The molecule has 0 saturated heterocycles. The number of methoxy groups -OCH3 is 2. The summed E-state index contributed by atoms with van der Waals surface area (Å²) < 4.78 is 10.1. The van der Waals surface area contributed by atoms with Gasteiger partial charge in [-0.2, -0.15) is 5.17 Å². The lowest BCUT2D eigenvalue weighted by atomic mass is 10.3. The smallest absolute Gasteiger partial charge is 0.333 e. The first-order valence-corrected chi connectivity index (χ1v) is 5.89. The van der Waals surface area contributed by atoms with E-state index in [2.05, 4.69) is 0 Å². The molecule has 2 aromatic carbocycles. The lowest BCUT2D eigenvalue weighted by Crippen LogP contribution is -2.24. The minimum absolute atomic E-state index is 0.121. The summed E-state index contributed by atoms with van der Waals surface area (Å²) in [5, 5.41) is 12.4. The molecule has 0 N–H and O–H groups in total. The predicted octanol–water partition coefficient (Wildman–Crippen LogP) is 3.03. The van der Waals surface area contributed by atoms with E-state index in [-0.39, 0.29) is 21.4 Å². The number of nitrogens with zero attached hydrogens (tertiary/aromatic N) is 2. The molecule has 0 unspecified atom stereocenters. The molecule has 0 saturated carbocycles. The number of rotatable bonds is 5. The molecule has 0 aliphatic heterocycles. The summed E-state index contributed by atoms with van der Waals surface area (Å²) in [4.78, 5) is 12.4. The molecular weight excluding hydrogens is 260 g/mol. The maximum absolute atomic E-state index is 12.2. The summed E-state index contributed by atoms with van der Waals surface area (Å²) in [5.74, 6) is 0.636. The van der Waals surface area contributed by atoms with Gasteiger partial charge in [-0.05, 0) is 18.2 Å². The summed E-state index contributed by atoms with van der Waals surface area (Å²) in [5.41, 5.74) is 0.242. The number of hydrogen-bond acceptors (Lipinski definition) is 4. The highest BCUT2D eigenvalue weighted by molar-refractivity contribution is 5.58. The molecule has 0 spiro atoms. The van der Waals surface area contributed by atoms with E-state index < -0.39 is 0 Å². The maximum atomic E-state index is 12.2. The Balaban J connectivity index is 2.38. The molecule has 6 nitrogen and oxygen atoms in total. The van der Waals surface area contributed by atoms with Gasteiger partial charge in [0.1, 0.15) is 11.4 Å². The van der Waals surface area contributed by atoms with E-state index in [9.17, 15) is 10.1 Å². The van der Waals surface area contributed by atoms with Crippen LogP contribution in [0.2, 0.25) is 0 Å². The van der Waals surface area contributed by atoms with Gasteiger partial charge in [0, 0.05) is 6.07 Å². The largest absolute Gasteiger partial charge is 0.699 e. The molecule has 2 aromatic rings. The van der Waals surface area contributed by atoms with Crippen molar-refractivity contribution in [3.8, 4) is 11.5 Å². The van der Waals surface area contributed by atoms with Crippen molar-refractivity contribution in [1.82, 2.24) is 0 Å². The van der Waals surface area contributed by atoms with E-state index in [0.717, 1.165) is 0 Å². The van der Waals surface area contributed by atoms with E-state index in [0.29, 0.717) is 11.5 Å². The Morgan fingerprint density at radius 2 is 1.50 bits per heavy atom. The molecule has 104 valence electrons. The number of ether oxygens (including phenoxy) is 2. The molecule has 0 fully saturated rings. The Labute approximate surface area is 116 Å². The second-order valence-corrected chi connectivity index (χ2v) is 3.89. The van der Waals surface area contributed by atoms with Crippen LogP contribution in [0.4, 0.5) is 11.4 Å². The number of hydrazine groups is 1. The highest BCUT2D eigenvalue weighted by Crippen LogP contribution is 2.32. The molecule has 0 amide bonds. The number of nitroso groups, excluding NO2 is 1. The second kappa shape index (κ2) is 6.03. The van der Waals surface area contributed by atoms with Crippen molar-refractivity contribution in [1.29, 1.82) is 0 Å². The van der Waals surface area contributed by atoms with Crippen LogP contribution in [0.25, 0.3) is 0 Å². The zero-order chi connectivity index (χ0) is 14.5. The fourth-order valence-corrected chi connectivity index (χ4v) is 1.77. The molecule has 2 rings (SSSR count). The molecule has 0 atom stereocenters. The minimum Gasteiger partial charge on any atom is -0.699 e. The lowest BCUT2D eigenvalue weighted by Gasteiger charge is -2.20. The Kier molecular flexibility index (Phi) is 4.17. The second-order valence-electron chi connectivity index (χ2n) is 3.89. The number of hydrogen-bond donors (Lipinski definition) is 0. The molecule has 6 heteroatoms. The van der Waals surface area contributed by atoms with Crippen molar-refractivity contribution in [2.45, 2.75) is 0 Å². The van der Waals surface area contributed by atoms with Crippen molar-refractivity contribution in [2.24, 2.45) is 0 Å². The summed E-state index contributed by atoms with van der Waals surface area (Å²) in [6.45, 7) is 0. The highest BCUT2D eigenvalue weighted by atomic mass is 16.6. The van der Waals surface area contributed by atoms with Gasteiger partial charge in [0.15, 0.2) is 10.6 Å². The normalized spacial score (nSPS) is 9.95. The van der Waals surface area contributed by atoms with Crippen molar-refractivity contribution in [2.75, 3.05) is 19.4 Å². The van der Waals surface area contributed by atoms with Crippen LogP contribution in [0.5, 0.6) is 11.5 Å². The van der Waals surface area contributed by atoms with Gasteiger partial charge >= 0.3 is 5.69 Å². The topological polar surface area (TPSA) is 64.8 Å². The molecule has 0 bridgehead atoms. The summed E-state index contributed by atoms with van der Waals surface area (Å²) in [6, 6.07) is 13.0. The van der Waals surface area contributed by atoms with E-state index >= 15 is 0 Å². The minimum atomic E-state index is 0.121. The molecule has 0 radical (unpaired) electrons. The molecular formula is C14H14N2O4. The lowest BCUT2D eigenvalue weighted by molar-refractivity contribution is -0.469. The summed E-state index contributed by atoms with van der Waals surface area (Å²) in [6.07, 6.45) is 0. The highest BCUT2D eigenvalue weighted by Gasteiger charge is 2.24. The van der Waals surface area contributed by atoms with Gasteiger partial charge in [-0.3, -0.25) is 0 Å². The third-order valence-corrected chi connectivity index (χ3v) is 2.75. The molecule has 0 aliphatic rings. The van der Waals surface area contributed by atoms with E-state index in [1.165, 1.54) is 26.4 Å². The average Bonchev–Trinajstić information content (AvgIpc) is 2.53. The molecule has 20 heavy (non-hydrogen) atoms. The molecule has 0 aromatic heterocycles. The van der Waals surface area contributed by atoms with Crippen LogP contribution >= 0.6 is 0 Å². The Morgan fingerprint density at radius 3 is 2.15 bits per heavy atom. The van der Waals surface area contributed by atoms with Crippen molar-refractivity contribution >= 4 is 11.4 Å². The maximum Gasteiger partial charge on any atom is 0.333 e. The van der Waals surface area contributed by atoms with Gasteiger partial charge in [-0.15, -0.1) is 0 Å². The summed E-state index contributed by atoms with van der Waals surface area (Å²) >= 11 is 0. The fraction of sp³-hybridized carbons (Fsp3) is 0.143. The number of benzene rings is 2. The Hall–Kier alpha value is -2.60. The SMILES string of the molecule is COc1ccccc1N([O-])[N+](=O)c1ccccc1OC. The third kappa shape index (κ3) is 2.55. The van der Waals surface area contributed by atoms with Crippen LogP contribution in [-0.4, -0.2) is 19.1 Å². The van der Waals surface area contributed by atoms with Crippen molar-refractivity contribution in [3.05, 3.63) is 58.6 Å². The van der Waals surface area contributed by atoms with Crippen molar-refractivity contribution in [3.63, 3.8) is 0 Å². The van der Waals surface area contributed by atoms with Crippen LogP contribution < -0.4 is 14.6 Å². The summed E-state index contributed by atoms with van der Waals surface area (Å²) in [7, 11) is 2.87. The average molecular weight is 274 g/mol. The monoisotopic (exact) mass is 274 g/mol. The van der Waals surface area contributed by atoms with Gasteiger partial charge in [-0.1, -0.05) is 24.3 Å². The van der Waals surface area contributed by atoms with Crippen LogP contribution in [0, 0.1) is 10.1 Å². The zero-order valence-electron chi connectivity index (χ0n) is 11.1. The van der Waals surface area contributed by atoms with Crippen LogP contribution in [0.15, 0.2) is 48.5 Å². The molecule has 0 aliphatic carbocycles. The Morgan fingerprint density at radius 1 is 0.950 bits per heavy atom. The third-order valence-electron chi connectivity index (χ3n) is 2.75. The van der Waals surface area contributed by atoms with Crippen molar-refractivity contribution < 1.29 is 14.3 Å². The van der Waals surface area contributed by atoms with Gasteiger partial charge in [0.05, 0.1) is 19.1 Å². The van der Waals surface area contributed by atoms with Gasteiger partial charge < -0.3 is 14.7 Å². The van der Waals surface area contributed by atoms with Gasteiger partial charge in [0.2, 0.25) is 0 Å². The molecule has 0 heterocycles. The standard InChI is InChI=1S/C14H14N2O4/c1-19-13-9-5-3-7-11(13)15(17)16(18)12-8-4-6-10-14(12)20-2/h3-10H,1-2H3. The first kappa shape index (κ1) is 13.8. The zero-order valence-corrected chi connectivity index (χ0v) is 11.1. The van der Waals surface area contributed by atoms with Crippen LogP contribution in [-0.2, 0) is 0 Å². The fourth-order valence-electron chi connectivity index (χ4n) is 1.77. The predicted molar refractivity (Wildman–Crippen MR) is 75.1 cm³/mol. The first-order chi connectivity index (χ1) is 9.69. The van der Waals surface area contributed by atoms with E-state index in [1.54, 1.807) is 36.4 Å². The Bertz CT molecular complexity index is 616.